The number of Topliss-reactive ketones (excluding diaryl/α,β-unsaturated/α-hetero) is 1. The highest BCUT2D eigenvalue weighted by Gasteiger charge is 2.13. The second kappa shape index (κ2) is 3.62. The fraction of sp³-hybridized carbons (Fsp3) is 0.857. The molecular weight excluding hydrogens is 114 g/mol. The number of carbonyl (C=O) groups is 1. The van der Waals surface area contributed by atoms with Crippen LogP contribution in [0.25, 0.3) is 0 Å². The van der Waals surface area contributed by atoms with Gasteiger partial charge in [0.25, 0.3) is 0 Å². The molecule has 0 amide bonds. The zero-order valence-electron chi connectivity index (χ0n) is 6.35. The van der Waals surface area contributed by atoms with Gasteiger partial charge in [0, 0.05) is 6.42 Å². The van der Waals surface area contributed by atoms with Crippen molar-refractivity contribution in [1.82, 2.24) is 0 Å². The van der Waals surface area contributed by atoms with Crippen LogP contribution in [0.5, 0.6) is 0 Å². The molecule has 0 aromatic heterocycles. The van der Waals surface area contributed by atoms with E-state index < -0.39 is 0 Å². The van der Waals surface area contributed by atoms with Crippen LogP contribution in [0.15, 0.2) is 0 Å². The highest BCUT2D eigenvalue weighted by atomic mass is 16.1. The quantitative estimate of drug-likeness (QED) is 0.616. The van der Waals surface area contributed by atoms with E-state index in [1.165, 1.54) is 0 Å². The number of ketones is 1. The minimum absolute atomic E-state index is 0.157. The van der Waals surface area contributed by atoms with Crippen LogP contribution in [0, 0.1) is 5.92 Å². The van der Waals surface area contributed by atoms with Gasteiger partial charge >= 0.3 is 0 Å². The van der Waals surface area contributed by atoms with E-state index in [4.69, 9.17) is 5.73 Å². The summed E-state index contributed by atoms with van der Waals surface area (Å²) in [7, 11) is 0. The normalized spacial score (nSPS) is 13.9. The van der Waals surface area contributed by atoms with Gasteiger partial charge in [0.15, 0.2) is 0 Å². The summed E-state index contributed by atoms with van der Waals surface area (Å²) < 4.78 is 0. The fourth-order valence-electron chi connectivity index (χ4n) is 0.607. The molecule has 9 heavy (non-hydrogen) atoms. The summed E-state index contributed by atoms with van der Waals surface area (Å²) in [5.41, 5.74) is 5.52. The Morgan fingerprint density at radius 3 is 2.11 bits per heavy atom. The lowest BCUT2D eigenvalue weighted by molar-refractivity contribution is -0.120. The molecule has 2 N–H and O–H groups in total. The van der Waals surface area contributed by atoms with Gasteiger partial charge in [-0.1, -0.05) is 20.8 Å². The molecule has 0 aromatic rings. The van der Waals surface area contributed by atoms with Crippen LogP contribution in [0.1, 0.15) is 27.2 Å². The molecule has 0 fully saturated rings. The van der Waals surface area contributed by atoms with Crippen molar-refractivity contribution >= 4 is 5.78 Å². The highest BCUT2D eigenvalue weighted by molar-refractivity contribution is 5.83. The van der Waals surface area contributed by atoms with Gasteiger partial charge in [-0.3, -0.25) is 4.79 Å². The van der Waals surface area contributed by atoms with Crippen molar-refractivity contribution in [3.05, 3.63) is 0 Å². The Labute approximate surface area is 56.4 Å². The van der Waals surface area contributed by atoms with E-state index >= 15 is 0 Å². The van der Waals surface area contributed by atoms with E-state index in [0.29, 0.717) is 6.42 Å². The van der Waals surface area contributed by atoms with Crippen LogP contribution >= 0.6 is 0 Å². The highest BCUT2D eigenvalue weighted by Crippen LogP contribution is 2.00. The molecule has 0 unspecified atom stereocenters. The molecule has 0 aliphatic heterocycles. The maximum absolute atomic E-state index is 10.8. The molecule has 2 nitrogen and oxygen atoms in total. The van der Waals surface area contributed by atoms with Crippen molar-refractivity contribution in [3.63, 3.8) is 0 Å². The van der Waals surface area contributed by atoms with Gasteiger partial charge < -0.3 is 5.73 Å². The first kappa shape index (κ1) is 8.63. The first-order valence-corrected chi connectivity index (χ1v) is 3.37. The smallest absolute Gasteiger partial charge is 0.149 e. The first-order chi connectivity index (χ1) is 4.09. The molecule has 2 heteroatoms. The van der Waals surface area contributed by atoms with Gasteiger partial charge in [-0.15, -0.1) is 0 Å². The van der Waals surface area contributed by atoms with E-state index in [1.807, 2.05) is 20.8 Å². The first-order valence-electron chi connectivity index (χ1n) is 3.37. The zero-order valence-corrected chi connectivity index (χ0v) is 6.35. The molecule has 0 saturated carbocycles. The lowest BCUT2D eigenvalue weighted by atomic mass is 10.00. The summed E-state index contributed by atoms with van der Waals surface area (Å²) in [4.78, 5) is 10.8. The number of hydrogen-bond donors (Lipinski definition) is 1. The summed E-state index contributed by atoms with van der Waals surface area (Å²) in [5, 5.41) is 0. The van der Waals surface area contributed by atoms with E-state index in [0.717, 1.165) is 0 Å². The minimum atomic E-state index is -0.255. The van der Waals surface area contributed by atoms with Gasteiger partial charge in [0.05, 0.1) is 6.04 Å². The standard InChI is InChI=1S/C7H15NO/c1-4-6(9)7(8)5(2)3/h5,7H,4,8H2,1-3H3/t7-/m0/s1. The van der Waals surface area contributed by atoms with E-state index in [1.54, 1.807) is 0 Å². The molecule has 0 rings (SSSR count). The van der Waals surface area contributed by atoms with Crippen molar-refractivity contribution in [3.8, 4) is 0 Å². The monoisotopic (exact) mass is 129 g/mol. The minimum Gasteiger partial charge on any atom is -0.321 e. The summed E-state index contributed by atoms with van der Waals surface area (Å²) in [6.07, 6.45) is 0.555. The maximum Gasteiger partial charge on any atom is 0.149 e. The largest absolute Gasteiger partial charge is 0.321 e. The summed E-state index contributed by atoms with van der Waals surface area (Å²) >= 11 is 0. The predicted octanol–water partition coefficient (Wildman–Crippen LogP) is 0.949. The second-order valence-corrected chi connectivity index (χ2v) is 2.59. The summed E-state index contributed by atoms with van der Waals surface area (Å²) in [6.45, 7) is 5.75. The van der Waals surface area contributed by atoms with Crippen molar-refractivity contribution < 1.29 is 4.79 Å². The van der Waals surface area contributed by atoms with Crippen molar-refractivity contribution in [2.75, 3.05) is 0 Å². The molecule has 0 aromatic carbocycles. The van der Waals surface area contributed by atoms with E-state index in [-0.39, 0.29) is 17.7 Å². The third-order valence-electron chi connectivity index (χ3n) is 1.44. The Balaban J connectivity index is 3.72. The zero-order chi connectivity index (χ0) is 7.44. The predicted molar refractivity (Wildman–Crippen MR) is 38.1 cm³/mol. The summed E-state index contributed by atoms with van der Waals surface area (Å²) in [5.74, 6) is 0.433. The SMILES string of the molecule is CCC(=O)[C@@H](N)C(C)C. The van der Waals surface area contributed by atoms with Crippen LogP contribution in [0.2, 0.25) is 0 Å². The summed E-state index contributed by atoms with van der Waals surface area (Å²) in [6, 6.07) is -0.255. The van der Waals surface area contributed by atoms with Crippen LogP contribution in [-0.4, -0.2) is 11.8 Å². The van der Waals surface area contributed by atoms with Gasteiger partial charge in [-0.25, -0.2) is 0 Å². The third-order valence-corrected chi connectivity index (χ3v) is 1.44. The Hall–Kier alpha value is -0.370. The third kappa shape index (κ3) is 2.61. The van der Waals surface area contributed by atoms with Gasteiger partial charge in [-0.05, 0) is 5.92 Å². The average Bonchev–Trinajstić information content (AvgIpc) is 1.84. The lowest BCUT2D eigenvalue weighted by Crippen LogP contribution is -2.34. The molecule has 0 saturated heterocycles. The molecule has 0 aliphatic carbocycles. The second-order valence-electron chi connectivity index (χ2n) is 2.59. The number of rotatable bonds is 3. The van der Waals surface area contributed by atoms with Crippen molar-refractivity contribution in [2.45, 2.75) is 33.2 Å². The average molecular weight is 129 g/mol. The fourth-order valence-corrected chi connectivity index (χ4v) is 0.607. The Morgan fingerprint density at radius 2 is 2.00 bits per heavy atom. The Bertz CT molecular complexity index is 99.1. The van der Waals surface area contributed by atoms with Gasteiger partial charge in [0.2, 0.25) is 0 Å². The molecule has 0 heterocycles. The van der Waals surface area contributed by atoms with Gasteiger partial charge in [0.1, 0.15) is 5.78 Å². The molecule has 0 bridgehead atoms. The topological polar surface area (TPSA) is 43.1 Å². The lowest BCUT2D eigenvalue weighted by Gasteiger charge is -2.11. The number of nitrogens with two attached hydrogens (primary N) is 1. The van der Waals surface area contributed by atoms with E-state index in [9.17, 15) is 4.79 Å². The molecule has 1 atom stereocenters. The Kier molecular flexibility index (Phi) is 3.47. The van der Waals surface area contributed by atoms with Crippen molar-refractivity contribution in [1.29, 1.82) is 0 Å². The molecule has 0 radical (unpaired) electrons. The molecule has 54 valence electrons. The molecule has 0 aliphatic rings. The number of carbonyl (C=O) groups excluding carboxylic acids is 1. The van der Waals surface area contributed by atoms with Crippen LogP contribution in [0.3, 0.4) is 0 Å². The number of hydrogen-bond acceptors (Lipinski definition) is 2. The van der Waals surface area contributed by atoms with Crippen LogP contribution in [-0.2, 0) is 4.79 Å². The van der Waals surface area contributed by atoms with Crippen LogP contribution < -0.4 is 5.73 Å². The van der Waals surface area contributed by atoms with Crippen molar-refractivity contribution in [2.24, 2.45) is 11.7 Å². The molecular formula is C7H15NO. The molecule has 0 spiro atoms. The Morgan fingerprint density at radius 1 is 1.56 bits per heavy atom. The van der Waals surface area contributed by atoms with E-state index in [2.05, 4.69) is 0 Å². The maximum atomic E-state index is 10.8. The van der Waals surface area contributed by atoms with Gasteiger partial charge in [-0.2, -0.15) is 0 Å². The van der Waals surface area contributed by atoms with Crippen LogP contribution in [0.4, 0.5) is 0 Å².